The molecule has 0 aliphatic rings. The van der Waals surface area contributed by atoms with Crippen molar-refractivity contribution in [3.8, 4) is 5.75 Å². The molecule has 5 heteroatoms. The van der Waals surface area contributed by atoms with Gasteiger partial charge in [0.1, 0.15) is 5.75 Å². The van der Waals surface area contributed by atoms with E-state index in [1.54, 1.807) is 12.1 Å². The van der Waals surface area contributed by atoms with Crippen LogP contribution in [0.4, 0.5) is 0 Å². The normalized spacial score (nSPS) is 11.2. The van der Waals surface area contributed by atoms with Crippen LogP contribution in [0.15, 0.2) is 22.7 Å². The summed E-state index contributed by atoms with van der Waals surface area (Å²) >= 11 is 3.29. The van der Waals surface area contributed by atoms with Crippen LogP contribution >= 0.6 is 15.9 Å². The summed E-state index contributed by atoms with van der Waals surface area (Å²) in [5, 5.41) is 0. The van der Waals surface area contributed by atoms with Gasteiger partial charge in [-0.05, 0) is 37.8 Å². The van der Waals surface area contributed by atoms with Crippen LogP contribution in [0.25, 0.3) is 0 Å². The van der Waals surface area contributed by atoms with Crippen molar-refractivity contribution in [1.29, 1.82) is 0 Å². The number of carbonyl (C=O) groups is 1. The van der Waals surface area contributed by atoms with Crippen molar-refractivity contribution in [3.63, 3.8) is 0 Å². The molecule has 0 fully saturated rings. The second-order valence-electron chi connectivity index (χ2n) is 4.22. The van der Waals surface area contributed by atoms with E-state index in [0.717, 1.165) is 4.47 Å². The van der Waals surface area contributed by atoms with Gasteiger partial charge in [-0.1, -0.05) is 15.9 Å². The highest BCUT2D eigenvalue weighted by molar-refractivity contribution is 9.10. The zero-order chi connectivity index (χ0) is 11.6. The maximum absolute atomic E-state index is 11.2. The molecular formula is C10H14BrNO2Si. The molecule has 0 aliphatic carbocycles. The van der Waals surface area contributed by atoms with Crippen LogP contribution in [-0.2, 0) is 0 Å². The summed E-state index contributed by atoms with van der Waals surface area (Å²) in [6.45, 7) is 6.17. The zero-order valence-electron chi connectivity index (χ0n) is 9.00. The van der Waals surface area contributed by atoms with E-state index >= 15 is 0 Å². The molecule has 0 radical (unpaired) electrons. The first-order valence-corrected chi connectivity index (χ1v) is 8.78. The SMILES string of the molecule is C[Si](C)(C)Oc1ccc(Br)cc1C(N)=O. The second kappa shape index (κ2) is 4.36. The smallest absolute Gasteiger partial charge is 0.252 e. The molecule has 0 spiro atoms. The Morgan fingerprint density at radius 3 is 2.47 bits per heavy atom. The summed E-state index contributed by atoms with van der Waals surface area (Å²) in [7, 11) is -1.72. The summed E-state index contributed by atoms with van der Waals surface area (Å²) in [6, 6.07) is 5.28. The van der Waals surface area contributed by atoms with Crippen molar-refractivity contribution in [1.82, 2.24) is 0 Å². The molecule has 1 amide bonds. The quantitative estimate of drug-likeness (QED) is 0.869. The average molecular weight is 288 g/mol. The summed E-state index contributed by atoms with van der Waals surface area (Å²) in [6.07, 6.45) is 0. The van der Waals surface area contributed by atoms with E-state index in [-0.39, 0.29) is 0 Å². The Balaban J connectivity index is 3.12. The van der Waals surface area contributed by atoms with E-state index in [9.17, 15) is 4.79 Å². The van der Waals surface area contributed by atoms with E-state index in [1.165, 1.54) is 0 Å². The summed E-state index contributed by atoms with van der Waals surface area (Å²) in [4.78, 5) is 11.2. The minimum absolute atomic E-state index is 0.423. The van der Waals surface area contributed by atoms with Gasteiger partial charge in [0.25, 0.3) is 5.91 Å². The minimum Gasteiger partial charge on any atom is -0.544 e. The van der Waals surface area contributed by atoms with Gasteiger partial charge in [0, 0.05) is 4.47 Å². The minimum atomic E-state index is -1.72. The third-order valence-corrected chi connectivity index (χ3v) is 2.95. The van der Waals surface area contributed by atoms with Crippen LogP contribution < -0.4 is 10.2 Å². The van der Waals surface area contributed by atoms with E-state index < -0.39 is 14.2 Å². The maximum Gasteiger partial charge on any atom is 0.252 e. The van der Waals surface area contributed by atoms with E-state index in [0.29, 0.717) is 11.3 Å². The maximum atomic E-state index is 11.2. The van der Waals surface area contributed by atoms with Gasteiger partial charge < -0.3 is 10.2 Å². The fourth-order valence-corrected chi connectivity index (χ4v) is 2.31. The number of hydrogen-bond donors (Lipinski definition) is 1. The molecular weight excluding hydrogens is 274 g/mol. The van der Waals surface area contributed by atoms with Gasteiger partial charge in [0.2, 0.25) is 8.32 Å². The summed E-state index contributed by atoms with van der Waals surface area (Å²) in [5.74, 6) is 0.106. The first kappa shape index (κ1) is 12.3. The van der Waals surface area contributed by atoms with Crippen molar-refractivity contribution in [2.24, 2.45) is 5.73 Å². The second-order valence-corrected chi connectivity index (χ2v) is 9.56. The van der Waals surface area contributed by atoms with Gasteiger partial charge in [-0.25, -0.2) is 0 Å². The van der Waals surface area contributed by atoms with Crippen LogP contribution in [0.3, 0.4) is 0 Å². The molecule has 3 nitrogen and oxygen atoms in total. The molecule has 15 heavy (non-hydrogen) atoms. The number of primary amides is 1. The van der Waals surface area contributed by atoms with Gasteiger partial charge in [-0.2, -0.15) is 0 Å². The first-order chi connectivity index (χ1) is 6.79. The Labute approximate surface area is 98.9 Å². The summed E-state index contributed by atoms with van der Waals surface area (Å²) < 4.78 is 6.59. The number of carbonyl (C=O) groups excluding carboxylic acids is 1. The number of hydrogen-bond acceptors (Lipinski definition) is 2. The molecule has 82 valence electrons. The van der Waals surface area contributed by atoms with Crippen LogP contribution in [-0.4, -0.2) is 14.2 Å². The Bertz CT molecular complexity index is 387. The van der Waals surface area contributed by atoms with Gasteiger partial charge in [0.15, 0.2) is 0 Å². The Kier molecular flexibility index (Phi) is 3.57. The lowest BCUT2D eigenvalue weighted by Gasteiger charge is -2.20. The van der Waals surface area contributed by atoms with Crippen LogP contribution in [0.1, 0.15) is 10.4 Å². The highest BCUT2D eigenvalue weighted by Crippen LogP contribution is 2.25. The summed E-state index contributed by atoms with van der Waals surface area (Å²) in [5.41, 5.74) is 5.70. The van der Waals surface area contributed by atoms with Gasteiger partial charge in [-0.3, -0.25) is 4.79 Å². The predicted octanol–water partition coefficient (Wildman–Crippen LogP) is 2.76. The Hall–Kier alpha value is -0.813. The lowest BCUT2D eigenvalue weighted by molar-refractivity contribution is 0.0998. The molecule has 0 heterocycles. The zero-order valence-corrected chi connectivity index (χ0v) is 11.6. The number of amides is 1. The van der Waals surface area contributed by atoms with Gasteiger partial charge in [0.05, 0.1) is 5.56 Å². The van der Waals surface area contributed by atoms with Crippen molar-refractivity contribution in [2.75, 3.05) is 0 Å². The van der Waals surface area contributed by atoms with Crippen LogP contribution in [0.2, 0.25) is 19.6 Å². The standard InChI is InChI=1S/C10H14BrNO2Si/c1-15(2,3)14-9-5-4-7(11)6-8(9)10(12)13/h4-6H,1-3H3,(H2,12,13). The third-order valence-electron chi connectivity index (χ3n) is 1.62. The number of nitrogens with two attached hydrogens (primary N) is 1. The van der Waals surface area contributed by atoms with E-state index in [4.69, 9.17) is 10.2 Å². The first-order valence-electron chi connectivity index (χ1n) is 4.58. The van der Waals surface area contributed by atoms with Gasteiger partial charge >= 0.3 is 0 Å². The Morgan fingerprint density at radius 1 is 1.40 bits per heavy atom. The van der Waals surface area contributed by atoms with Crippen molar-refractivity contribution < 1.29 is 9.22 Å². The Morgan fingerprint density at radius 2 is 2.00 bits per heavy atom. The van der Waals surface area contributed by atoms with Crippen LogP contribution in [0.5, 0.6) is 5.75 Å². The molecule has 1 rings (SSSR count). The topological polar surface area (TPSA) is 52.3 Å². The molecule has 0 unspecified atom stereocenters. The van der Waals surface area contributed by atoms with Crippen molar-refractivity contribution >= 4 is 30.2 Å². The number of rotatable bonds is 3. The molecule has 1 aromatic carbocycles. The predicted molar refractivity (Wildman–Crippen MR) is 66.6 cm³/mol. The fourth-order valence-electron chi connectivity index (χ4n) is 1.11. The monoisotopic (exact) mass is 287 g/mol. The molecule has 0 bridgehead atoms. The van der Waals surface area contributed by atoms with Crippen LogP contribution in [0, 0.1) is 0 Å². The molecule has 0 aromatic heterocycles. The highest BCUT2D eigenvalue weighted by Gasteiger charge is 2.19. The average Bonchev–Trinajstić information content (AvgIpc) is 2.05. The number of benzene rings is 1. The van der Waals surface area contributed by atoms with E-state index in [1.807, 2.05) is 6.07 Å². The largest absolute Gasteiger partial charge is 0.544 e. The van der Waals surface area contributed by atoms with Gasteiger partial charge in [-0.15, -0.1) is 0 Å². The van der Waals surface area contributed by atoms with Crippen molar-refractivity contribution in [3.05, 3.63) is 28.2 Å². The third kappa shape index (κ3) is 3.68. The highest BCUT2D eigenvalue weighted by atomic mass is 79.9. The molecule has 0 aliphatic heterocycles. The number of halogens is 1. The molecule has 0 atom stereocenters. The lowest BCUT2D eigenvalue weighted by atomic mass is 10.2. The molecule has 1 aromatic rings. The fraction of sp³-hybridized carbons (Fsp3) is 0.300. The van der Waals surface area contributed by atoms with Crippen molar-refractivity contribution in [2.45, 2.75) is 19.6 Å². The molecule has 0 saturated heterocycles. The molecule has 0 saturated carbocycles. The lowest BCUT2D eigenvalue weighted by Crippen LogP contribution is -2.30. The van der Waals surface area contributed by atoms with E-state index in [2.05, 4.69) is 35.6 Å². The molecule has 2 N–H and O–H groups in total.